The van der Waals surface area contributed by atoms with E-state index < -0.39 is 11.7 Å². The predicted octanol–water partition coefficient (Wildman–Crippen LogP) is 3.44. The lowest BCUT2D eigenvalue weighted by Crippen LogP contribution is -2.55. The number of amides is 2. The molecule has 5 fully saturated rings. The van der Waals surface area contributed by atoms with Gasteiger partial charge in [-0.3, -0.25) is 0 Å². The number of ether oxygens (including phenoxy) is 2. The van der Waals surface area contributed by atoms with Gasteiger partial charge in [0.25, 0.3) is 0 Å². The molecule has 2 unspecified atom stereocenters. The first-order chi connectivity index (χ1) is 13.2. The Labute approximate surface area is 166 Å². The molecule has 1 saturated heterocycles. The van der Waals surface area contributed by atoms with Crippen molar-refractivity contribution < 1.29 is 19.1 Å². The number of nitrogens with one attached hydrogen (secondary N) is 1. The Morgan fingerprint density at radius 1 is 1.18 bits per heavy atom. The maximum Gasteiger partial charge on any atom is 0.410 e. The molecular weight excluding hydrogens is 358 g/mol. The lowest BCUT2D eigenvalue weighted by molar-refractivity contribution is -0.121. The molecule has 2 amide bonds. The second-order valence-corrected chi connectivity index (χ2v) is 10.3. The van der Waals surface area contributed by atoms with Crippen molar-refractivity contribution in [3.8, 4) is 6.07 Å². The predicted molar refractivity (Wildman–Crippen MR) is 101 cm³/mol. The fourth-order valence-electron chi connectivity index (χ4n) is 6.02. The average molecular weight is 389 g/mol. The topological polar surface area (TPSA) is 91.7 Å². The SMILES string of the molecule is CC(C)(C)OC(=O)N[C@@H]1CCN(C(=O)OC2C3CC4CC2CC(C#N)(C4)C3)C1. The van der Waals surface area contributed by atoms with Crippen LogP contribution in [0.1, 0.15) is 59.3 Å². The summed E-state index contributed by atoms with van der Waals surface area (Å²) < 4.78 is 11.3. The van der Waals surface area contributed by atoms with Crippen LogP contribution in [0.15, 0.2) is 0 Å². The van der Waals surface area contributed by atoms with E-state index in [1.165, 1.54) is 0 Å². The largest absolute Gasteiger partial charge is 0.446 e. The van der Waals surface area contributed by atoms with E-state index in [4.69, 9.17) is 9.47 Å². The second kappa shape index (κ2) is 6.82. The second-order valence-electron chi connectivity index (χ2n) is 10.3. The van der Waals surface area contributed by atoms with E-state index in [-0.39, 0.29) is 23.7 Å². The van der Waals surface area contributed by atoms with Crippen molar-refractivity contribution in [3.05, 3.63) is 0 Å². The summed E-state index contributed by atoms with van der Waals surface area (Å²) in [5, 5.41) is 12.5. The molecule has 0 aromatic carbocycles. The summed E-state index contributed by atoms with van der Waals surface area (Å²) >= 11 is 0. The van der Waals surface area contributed by atoms with Crippen LogP contribution in [-0.4, -0.2) is 47.9 Å². The smallest absolute Gasteiger partial charge is 0.410 e. The number of carbonyl (C=O) groups is 2. The first-order valence-corrected chi connectivity index (χ1v) is 10.5. The molecular formula is C21H31N3O4. The standard InChI is InChI=1S/C21H31N3O4/c1-20(2,3)28-18(25)23-16-4-5-24(11-16)19(26)27-17-14-6-13-7-15(17)10-21(8-13,9-14)12-22/h13-17H,4-11H2,1-3H3,(H,23,25)/t13?,14?,15?,16-,17?,21?/m1/s1. The molecule has 7 nitrogen and oxygen atoms in total. The van der Waals surface area contributed by atoms with Crippen molar-refractivity contribution in [1.29, 1.82) is 5.26 Å². The van der Waals surface area contributed by atoms with Gasteiger partial charge in [0.2, 0.25) is 0 Å². The Kier molecular flexibility index (Phi) is 4.71. The molecule has 7 heteroatoms. The molecule has 0 spiro atoms. The number of alkyl carbamates (subject to hydrolysis) is 1. The summed E-state index contributed by atoms with van der Waals surface area (Å²) in [5.41, 5.74) is -0.711. The number of nitrogens with zero attached hydrogens (tertiary/aromatic N) is 2. The number of carbonyl (C=O) groups excluding carboxylic acids is 2. The Morgan fingerprint density at radius 3 is 2.46 bits per heavy atom. The molecule has 0 radical (unpaired) electrons. The highest BCUT2D eigenvalue weighted by atomic mass is 16.6. The molecule has 4 bridgehead atoms. The molecule has 0 aromatic rings. The molecule has 0 aromatic heterocycles. The van der Waals surface area contributed by atoms with Gasteiger partial charge in [-0.25, -0.2) is 9.59 Å². The molecule has 1 heterocycles. The molecule has 1 N–H and O–H groups in total. The Balaban J connectivity index is 1.30. The summed E-state index contributed by atoms with van der Waals surface area (Å²) in [6.45, 7) is 6.50. The van der Waals surface area contributed by atoms with Crippen molar-refractivity contribution in [3.63, 3.8) is 0 Å². The van der Waals surface area contributed by atoms with Gasteiger partial charge in [-0.15, -0.1) is 0 Å². The van der Waals surface area contributed by atoms with Gasteiger partial charge in [0.1, 0.15) is 11.7 Å². The molecule has 1 aliphatic heterocycles. The fourth-order valence-corrected chi connectivity index (χ4v) is 6.02. The van der Waals surface area contributed by atoms with Crippen LogP contribution in [0.2, 0.25) is 0 Å². The van der Waals surface area contributed by atoms with Crippen molar-refractivity contribution in [2.24, 2.45) is 23.2 Å². The minimum absolute atomic E-state index is 0.0524. The lowest BCUT2D eigenvalue weighted by atomic mass is 9.49. The first kappa shape index (κ1) is 19.4. The molecule has 4 aliphatic carbocycles. The van der Waals surface area contributed by atoms with Crippen molar-refractivity contribution >= 4 is 12.2 Å². The number of nitriles is 1. The third-order valence-corrected chi connectivity index (χ3v) is 6.83. The zero-order chi connectivity index (χ0) is 20.1. The summed E-state index contributed by atoms with van der Waals surface area (Å²) in [4.78, 5) is 26.4. The van der Waals surface area contributed by atoms with Gasteiger partial charge < -0.3 is 19.7 Å². The van der Waals surface area contributed by atoms with E-state index in [9.17, 15) is 14.9 Å². The summed E-state index contributed by atoms with van der Waals surface area (Å²) in [5.74, 6) is 1.28. The highest BCUT2D eigenvalue weighted by molar-refractivity contribution is 5.70. The molecule has 3 atom stereocenters. The van der Waals surface area contributed by atoms with E-state index in [2.05, 4.69) is 11.4 Å². The van der Waals surface area contributed by atoms with E-state index in [1.807, 2.05) is 20.8 Å². The monoisotopic (exact) mass is 389 g/mol. The maximum atomic E-state index is 12.7. The van der Waals surface area contributed by atoms with Gasteiger partial charge in [-0.1, -0.05) is 0 Å². The van der Waals surface area contributed by atoms with Crippen LogP contribution in [0, 0.1) is 34.5 Å². The van der Waals surface area contributed by atoms with Gasteiger partial charge in [-0.2, -0.15) is 5.26 Å². The van der Waals surface area contributed by atoms with Crippen LogP contribution in [0.25, 0.3) is 0 Å². The van der Waals surface area contributed by atoms with Crippen LogP contribution < -0.4 is 5.32 Å². The van der Waals surface area contributed by atoms with E-state index in [1.54, 1.807) is 4.90 Å². The average Bonchev–Trinajstić information content (AvgIpc) is 3.04. The third kappa shape index (κ3) is 3.78. The summed E-state index contributed by atoms with van der Waals surface area (Å²) in [6, 6.07) is 2.47. The van der Waals surface area contributed by atoms with Gasteiger partial charge in [-0.05, 0) is 77.0 Å². The minimum Gasteiger partial charge on any atom is -0.446 e. The quantitative estimate of drug-likeness (QED) is 0.781. The summed E-state index contributed by atoms with van der Waals surface area (Å²) in [6.07, 6.45) is 4.86. The minimum atomic E-state index is -0.540. The van der Waals surface area contributed by atoms with Gasteiger partial charge in [0, 0.05) is 13.1 Å². The Morgan fingerprint density at radius 2 is 1.86 bits per heavy atom. The zero-order valence-corrected chi connectivity index (χ0v) is 17.1. The molecule has 5 aliphatic rings. The van der Waals surface area contributed by atoms with Crippen molar-refractivity contribution in [2.45, 2.75) is 77.0 Å². The van der Waals surface area contributed by atoms with Crippen LogP contribution >= 0.6 is 0 Å². The van der Waals surface area contributed by atoms with Crippen LogP contribution in [0.5, 0.6) is 0 Å². The Bertz CT molecular complexity index is 679. The van der Waals surface area contributed by atoms with Gasteiger partial charge >= 0.3 is 12.2 Å². The third-order valence-electron chi connectivity index (χ3n) is 6.83. The number of hydrogen-bond acceptors (Lipinski definition) is 5. The molecule has 28 heavy (non-hydrogen) atoms. The normalized spacial score (nSPS) is 38.8. The highest BCUT2D eigenvalue weighted by Gasteiger charge is 2.57. The zero-order valence-electron chi connectivity index (χ0n) is 17.1. The van der Waals surface area contributed by atoms with Gasteiger partial charge in [0.15, 0.2) is 0 Å². The van der Waals surface area contributed by atoms with Crippen molar-refractivity contribution in [2.75, 3.05) is 13.1 Å². The summed E-state index contributed by atoms with van der Waals surface area (Å²) in [7, 11) is 0. The molecule has 5 rings (SSSR count). The van der Waals surface area contributed by atoms with Crippen LogP contribution in [0.4, 0.5) is 9.59 Å². The van der Waals surface area contributed by atoms with E-state index in [0.29, 0.717) is 37.3 Å². The number of likely N-dealkylation sites (tertiary alicyclic amines) is 1. The first-order valence-electron chi connectivity index (χ1n) is 10.5. The molecule has 154 valence electrons. The lowest BCUT2D eigenvalue weighted by Gasteiger charge is -2.56. The van der Waals surface area contributed by atoms with Crippen molar-refractivity contribution in [1.82, 2.24) is 10.2 Å². The van der Waals surface area contributed by atoms with E-state index in [0.717, 1.165) is 32.1 Å². The number of hydrogen-bond donors (Lipinski definition) is 1. The van der Waals surface area contributed by atoms with Crippen LogP contribution in [-0.2, 0) is 9.47 Å². The van der Waals surface area contributed by atoms with Crippen LogP contribution in [0.3, 0.4) is 0 Å². The molecule has 4 saturated carbocycles. The Hall–Kier alpha value is -1.97. The fraction of sp³-hybridized carbons (Fsp3) is 0.857. The van der Waals surface area contributed by atoms with Gasteiger partial charge in [0.05, 0.1) is 17.5 Å². The number of rotatable bonds is 2. The van der Waals surface area contributed by atoms with E-state index >= 15 is 0 Å². The highest BCUT2D eigenvalue weighted by Crippen LogP contribution is 2.60. The maximum absolute atomic E-state index is 12.7.